The van der Waals surface area contributed by atoms with Gasteiger partial charge in [-0.05, 0) is 76.0 Å². The third kappa shape index (κ3) is 1.58. The third-order valence-electron chi connectivity index (χ3n) is 8.01. The monoisotopic (exact) mass is 314 g/mol. The Morgan fingerprint density at radius 2 is 1.22 bits per heavy atom. The molecule has 0 unspecified atom stereocenters. The van der Waals surface area contributed by atoms with Crippen LogP contribution in [0.5, 0.6) is 0 Å². The lowest BCUT2D eigenvalue weighted by Gasteiger charge is -2.51. The molecule has 0 amide bonds. The molecule has 4 nitrogen and oxygen atoms in total. The lowest BCUT2D eigenvalue weighted by Crippen LogP contribution is -2.56. The summed E-state index contributed by atoms with van der Waals surface area (Å²) in [6.07, 6.45) is 13.7. The first-order chi connectivity index (χ1) is 11.4. The molecule has 2 heterocycles. The largest absolute Gasteiger partial charge is 0.392 e. The summed E-state index contributed by atoms with van der Waals surface area (Å²) < 4.78 is 0. The molecular weight excluding hydrogens is 288 g/mol. The molecule has 2 aliphatic heterocycles. The Balaban J connectivity index is 1.42. The highest BCUT2D eigenvalue weighted by atomic mass is 16.6. The van der Waals surface area contributed by atoms with Crippen molar-refractivity contribution in [1.82, 2.24) is 0 Å². The topological polar surface area (TPSA) is 43.2 Å². The van der Waals surface area contributed by atoms with Crippen LogP contribution in [0.15, 0.2) is 10.3 Å². The summed E-state index contributed by atoms with van der Waals surface area (Å²) in [6, 6.07) is 0. The first-order valence-electron chi connectivity index (χ1n) is 9.85. The van der Waals surface area contributed by atoms with E-state index in [0.29, 0.717) is 24.0 Å². The zero-order chi connectivity index (χ0) is 15.0. The van der Waals surface area contributed by atoms with Crippen LogP contribution in [0.1, 0.15) is 64.2 Å². The van der Waals surface area contributed by atoms with Gasteiger partial charge in [-0.1, -0.05) is 10.3 Å². The van der Waals surface area contributed by atoms with Gasteiger partial charge in [-0.15, -0.1) is 0 Å². The maximum absolute atomic E-state index is 5.93. The number of hydrogen-bond acceptors (Lipinski definition) is 4. The number of fused-ring (bicyclic) bond motifs is 2. The molecule has 4 fully saturated rings. The third-order valence-corrected chi connectivity index (χ3v) is 8.01. The van der Waals surface area contributed by atoms with Crippen LogP contribution in [0, 0.1) is 29.1 Å². The fourth-order valence-electron chi connectivity index (χ4n) is 6.99. The molecule has 4 aliphatic carbocycles. The molecule has 0 aromatic heterocycles. The Morgan fingerprint density at radius 3 is 1.74 bits per heavy atom. The van der Waals surface area contributed by atoms with Crippen LogP contribution in [0.4, 0.5) is 0 Å². The predicted octanol–water partition coefficient (Wildman–Crippen LogP) is 3.90. The van der Waals surface area contributed by atoms with Crippen molar-refractivity contribution in [3.05, 3.63) is 0 Å². The van der Waals surface area contributed by atoms with E-state index in [1.807, 2.05) is 0 Å². The molecule has 4 saturated carbocycles. The van der Waals surface area contributed by atoms with E-state index in [0.717, 1.165) is 11.8 Å². The van der Waals surface area contributed by atoms with Gasteiger partial charge in [0.2, 0.25) is 0 Å². The fraction of sp³-hybridized carbons (Fsp3) is 0.895. The van der Waals surface area contributed by atoms with E-state index in [-0.39, 0.29) is 5.41 Å². The van der Waals surface area contributed by atoms with Crippen LogP contribution < -0.4 is 0 Å². The molecule has 0 radical (unpaired) electrons. The second-order valence-electron chi connectivity index (χ2n) is 8.83. The van der Waals surface area contributed by atoms with Crippen molar-refractivity contribution in [1.29, 1.82) is 0 Å². The number of nitrogens with zero attached hydrogens (tertiary/aromatic N) is 2. The minimum atomic E-state index is 0.0977. The van der Waals surface area contributed by atoms with E-state index in [2.05, 4.69) is 0 Å². The lowest BCUT2D eigenvalue weighted by molar-refractivity contribution is 0.0105. The van der Waals surface area contributed by atoms with E-state index in [1.165, 1.54) is 75.6 Å². The van der Waals surface area contributed by atoms with E-state index in [4.69, 9.17) is 20.0 Å². The molecule has 23 heavy (non-hydrogen) atoms. The minimum absolute atomic E-state index is 0.0977. The summed E-state index contributed by atoms with van der Waals surface area (Å²) in [5, 5.41) is 9.42. The van der Waals surface area contributed by atoms with Crippen molar-refractivity contribution in [3.63, 3.8) is 0 Å². The Labute approximate surface area is 137 Å². The quantitative estimate of drug-likeness (QED) is 0.680. The standard InChI is InChI=1S/C19H26N2O2/c1-3-11-7-9-19(17-15(11)13(5-1)22-20-17)10-8-12-4-2-6-14-16(12)18(19)21-23-14/h11-16H,1-10H2/t11-,12-,13-,14-,15+,16+,19?/m1/s1. The summed E-state index contributed by atoms with van der Waals surface area (Å²) >= 11 is 0. The second kappa shape index (κ2) is 4.52. The van der Waals surface area contributed by atoms with E-state index in [9.17, 15) is 0 Å². The van der Waals surface area contributed by atoms with Crippen LogP contribution in [0.2, 0.25) is 0 Å². The molecule has 0 aromatic carbocycles. The van der Waals surface area contributed by atoms with Gasteiger partial charge in [0, 0.05) is 11.8 Å². The van der Waals surface area contributed by atoms with Crippen LogP contribution in [-0.4, -0.2) is 23.6 Å². The minimum Gasteiger partial charge on any atom is -0.392 e. The maximum Gasteiger partial charge on any atom is 0.136 e. The first-order valence-corrected chi connectivity index (χ1v) is 9.85. The number of rotatable bonds is 0. The molecule has 0 aromatic rings. The van der Waals surface area contributed by atoms with Gasteiger partial charge in [0.25, 0.3) is 0 Å². The molecule has 6 atom stereocenters. The predicted molar refractivity (Wildman–Crippen MR) is 87.2 cm³/mol. The van der Waals surface area contributed by atoms with Crippen molar-refractivity contribution in [3.8, 4) is 0 Å². The number of hydrogen-bond donors (Lipinski definition) is 0. The second-order valence-corrected chi connectivity index (χ2v) is 8.83. The Morgan fingerprint density at radius 1 is 0.696 bits per heavy atom. The Kier molecular flexibility index (Phi) is 2.60. The summed E-state index contributed by atoms with van der Waals surface area (Å²) in [7, 11) is 0. The van der Waals surface area contributed by atoms with Crippen molar-refractivity contribution in [2.75, 3.05) is 0 Å². The van der Waals surface area contributed by atoms with Gasteiger partial charge in [0.1, 0.15) is 12.2 Å². The SMILES string of the molecule is C1C[C@@H]2CCC3(CC[C@H]4CCC[C@H]5ON=C3[C@@H]45)C3=NO[C@H](C1)[C@@H]32. The average Bonchev–Trinajstić information content (AvgIpc) is 3.22. The average molecular weight is 314 g/mol. The summed E-state index contributed by atoms with van der Waals surface area (Å²) in [4.78, 5) is 11.9. The van der Waals surface area contributed by atoms with Crippen molar-refractivity contribution < 1.29 is 9.68 Å². The van der Waals surface area contributed by atoms with Crippen LogP contribution in [0.3, 0.4) is 0 Å². The van der Waals surface area contributed by atoms with Gasteiger partial charge in [-0.3, -0.25) is 0 Å². The molecule has 0 bridgehead atoms. The van der Waals surface area contributed by atoms with Crippen LogP contribution in [-0.2, 0) is 9.68 Å². The van der Waals surface area contributed by atoms with Gasteiger partial charge >= 0.3 is 0 Å². The highest BCUT2D eigenvalue weighted by Crippen LogP contribution is 2.58. The molecule has 0 N–H and O–H groups in total. The molecule has 4 heteroatoms. The fourth-order valence-corrected chi connectivity index (χ4v) is 6.99. The van der Waals surface area contributed by atoms with Gasteiger partial charge < -0.3 is 9.68 Å². The van der Waals surface area contributed by atoms with Gasteiger partial charge in [-0.25, -0.2) is 0 Å². The lowest BCUT2D eigenvalue weighted by atomic mass is 9.50. The molecular formula is C19H26N2O2. The van der Waals surface area contributed by atoms with Gasteiger partial charge in [-0.2, -0.15) is 0 Å². The molecule has 0 saturated heterocycles. The zero-order valence-corrected chi connectivity index (χ0v) is 13.7. The number of oxime groups is 2. The Hall–Kier alpha value is -1.06. The van der Waals surface area contributed by atoms with Crippen LogP contribution in [0.25, 0.3) is 0 Å². The summed E-state index contributed by atoms with van der Waals surface area (Å²) in [5.41, 5.74) is 2.86. The molecule has 124 valence electrons. The highest BCUT2D eigenvalue weighted by molar-refractivity contribution is 6.15. The summed E-state index contributed by atoms with van der Waals surface area (Å²) in [6.45, 7) is 0. The van der Waals surface area contributed by atoms with Gasteiger partial charge in [0.05, 0.1) is 16.8 Å². The Bertz CT molecular complexity index is 546. The summed E-state index contributed by atoms with van der Waals surface area (Å²) in [5.74, 6) is 2.78. The highest BCUT2D eigenvalue weighted by Gasteiger charge is 2.62. The van der Waals surface area contributed by atoms with Crippen LogP contribution >= 0.6 is 0 Å². The molecule has 6 aliphatic rings. The molecule has 6 rings (SSSR count). The van der Waals surface area contributed by atoms with Crippen molar-refractivity contribution in [2.24, 2.45) is 39.4 Å². The maximum atomic E-state index is 5.93. The van der Waals surface area contributed by atoms with Crippen molar-refractivity contribution >= 4 is 11.4 Å². The first kappa shape index (κ1) is 13.3. The molecule has 1 spiro atoms. The van der Waals surface area contributed by atoms with Gasteiger partial charge in [0.15, 0.2) is 0 Å². The van der Waals surface area contributed by atoms with Crippen molar-refractivity contribution in [2.45, 2.75) is 76.4 Å². The van der Waals surface area contributed by atoms with E-state index >= 15 is 0 Å². The zero-order valence-electron chi connectivity index (χ0n) is 13.7. The smallest absolute Gasteiger partial charge is 0.136 e. The van der Waals surface area contributed by atoms with E-state index < -0.39 is 0 Å². The normalized spacial score (nSPS) is 52.9. The van der Waals surface area contributed by atoms with E-state index in [1.54, 1.807) is 0 Å².